The summed E-state index contributed by atoms with van der Waals surface area (Å²) in [6.45, 7) is 12.3. The van der Waals surface area contributed by atoms with E-state index in [0.29, 0.717) is 0 Å². The molecule has 2 aromatic rings. The smallest absolute Gasteiger partial charge is 0.365 e. The van der Waals surface area contributed by atoms with Crippen LogP contribution in [0.25, 0.3) is 0 Å². The van der Waals surface area contributed by atoms with Crippen LogP contribution in [0.1, 0.15) is 159 Å². The standard InChI is InChI=1S/C40H66BBrO3/c1-7-9-11-13-15-17-19-21-23-25-27-44-38-32-37(42)39(45-28-26-24-22-20-18-16-14-12-10-8-2)31-36(38)41(43-6)40-34(4)29-33(3)30-35(40)5/h29-32H,7-28H2,1-6H3. The zero-order valence-electron chi connectivity index (χ0n) is 30.0. The summed E-state index contributed by atoms with van der Waals surface area (Å²) in [5.41, 5.74) is 6.03. The first-order chi connectivity index (χ1) is 21.9. The van der Waals surface area contributed by atoms with Gasteiger partial charge in [-0.05, 0) is 67.1 Å². The lowest BCUT2D eigenvalue weighted by molar-refractivity contribution is 0.296. The van der Waals surface area contributed by atoms with E-state index in [0.717, 1.165) is 47.5 Å². The van der Waals surface area contributed by atoms with Gasteiger partial charge in [0.2, 0.25) is 0 Å². The Balaban J connectivity index is 1.99. The van der Waals surface area contributed by atoms with E-state index in [4.69, 9.17) is 14.1 Å². The summed E-state index contributed by atoms with van der Waals surface area (Å²) in [6, 6.07) is 8.76. The third-order valence-electron chi connectivity index (χ3n) is 9.09. The molecule has 0 N–H and O–H groups in total. The molecule has 0 amide bonds. The van der Waals surface area contributed by atoms with Crippen molar-refractivity contribution in [2.75, 3.05) is 20.3 Å². The van der Waals surface area contributed by atoms with Crippen LogP contribution in [0.2, 0.25) is 0 Å². The maximum Gasteiger partial charge on any atom is 0.365 e. The lowest BCUT2D eigenvalue weighted by Crippen LogP contribution is -2.47. The molecule has 0 saturated carbocycles. The van der Waals surface area contributed by atoms with Crippen LogP contribution in [-0.4, -0.2) is 27.2 Å². The largest absolute Gasteiger partial charge is 0.494 e. The summed E-state index contributed by atoms with van der Waals surface area (Å²) in [6.07, 6.45) is 26.4. The van der Waals surface area contributed by atoms with Crippen molar-refractivity contribution < 1.29 is 14.1 Å². The fourth-order valence-corrected chi connectivity index (χ4v) is 6.98. The average Bonchev–Trinajstić information content (AvgIpc) is 3.01. The highest BCUT2D eigenvalue weighted by Crippen LogP contribution is 2.30. The van der Waals surface area contributed by atoms with E-state index in [9.17, 15) is 0 Å². The maximum absolute atomic E-state index is 6.50. The summed E-state index contributed by atoms with van der Waals surface area (Å²) >= 11 is 3.80. The van der Waals surface area contributed by atoms with Gasteiger partial charge in [-0.3, -0.25) is 0 Å². The van der Waals surface area contributed by atoms with Crippen molar-refractivity contribution in [2.24, 2.45) is 0 Å². The zero-order valence-corrected chi connectivity index (χ0v) is 31.6. The third kappa shape index (κ3) is 15.8. The minimum Gasteiger partial charge on any atom is -0.494 e. The molecular formula is C40H66BBrO3. The van der Waals surface area contributed by atoms with Gasteiger partial charge in [-0.25, -0.2) is 0 Å². The molecule has 3 nitrogen and oxygen atoms in total. The summed E-state index contributed by atoms with van der Waals surface area (Å²) in [5.74, 6) is 1.76. The Morgan fingerprint density at radius 3 is 1.36 bits per heavy atom. The van der Waals surface area contributed by atoms with Crippen LogP contribution in [0.3, 0.4) is 0 Å². The number of hydrogen-bond acceptors (Lipinski definition) is 3. The minimum absolute atomic E-state index is 0.221. The molecule has 0 spiro atoms. The Bertz CT molecular complexity index is 1030. The molecule has 0 bridgehead atoms. The van der Waals surface area contributed by atoms with Crippen molar-refractivity contribution in [1.82, 2.24) is 0 Å². The van der Waals surface area contributed by atoms with Crippen LogP contribution < -0.4 is 20.4 Å². The first-order valence-electron chi connectivity index (χ1n) is 18.6. The van der Waals surface area contributed by atoms with Gasteiger partial charge in [0.1, 0.15) is 11.5 Å². The van der Waals surface area contributed by atoms with E-state index in [1.807, 2.05) is 7.11 Å². The summed E-state index contributed by atoms with van der Waals surface area (Å²) < 4.78 is 20.0. The zero-order chi connectivity index (χ0) is 32.7. The van der Waals surface area contributed by atoms with Gasteiger partial charge in [-0.1, -0.05) is 158 Å². The minimum atomic E-state index is -0.221. The van der Waals surface area contributed by atoms with Crippen LogP contribution >= 0.6 is 15.9 Å². The number of unbranched alkanes of at least 4 members (excludes halogenated alkanes) is 18. The second-order valence-corrected chi connectivity index (χ2v) is 14.2. The van der Waals surface area contributed by atoms with Gasteiger partial charge in [-0.15, -0.1) is 0 Å². The molecule has 0 aromatic heterocycles. The van der Waals surface area contributed by atoms with Gasteiger partial charge in [0.25, 0.3) is 0 Å². The summed E-state index contributed by atoms with van der Waals surface area (Å²) in [5, 5.41) is 0. The lowest BCUT2D eigenvalue weighted by atomic mass is 9.52. The van der Waals surface area contributed by atoms with E-state index in [2.05, 4.69) is 74.8 Å². The molecule has 0 saturated heterocycles. The van der Waals surface area contributed by atoms with Crippen LogP contribution in [-0.2, 0) is 4.65 Å². The quantitative estimate of drug-likeness (QED) is 0.0692. The van der Waals surface area contributed by atoms with Crippen LogP contribution in [0.15, 0.2) is 28.7 Å². The molecule has 45 heavy (non-hydrogen) atoms. The van der Waals surface area contributed by atoms with Crippen molar-refractivity contribution in [3.05, 3.63) is 45.4 Å². The molecule has 0 radical (unpaired) electrons. The van der Waals surface area contributed by atoms with E-state index < -0.39 is 0 Å². The molecule has 2 aromatic carbocycles. The Labute approximate surface area is 287 Å². The Kier molecular flexibility index (Phi) is 21.8. The van der Waals surface area contributed by atoms with Gasteiger partial charge in [0, 0.05) is 12.6 Å². The topological polar surface area (TPSA) is 27.7 Å². The number of benzene rings is 2. The molecule has 5 heteroatoms. The number of aryl methyl sites for hydroxylation is 3. The van der Waals surface area contributed by atoms with E-state index in [-0.39, 0.29) is 6.92 Å². The normalized spacial score (nSPS) is 11.3. The SMILES string of the molecule is CCCCCCCCCCCCOc1cc(B(OC)c2c(C)cc(C)cc2C)c(OCCCCCCCCCCCC)cc1Br. The Morgan fingerprint density at radius 2 is 0.933 bits per heavy atom. The first kappa shape index (κ1) is 39.7. The fourth-order valence-electron chi connectivity index (χ4n) is 6.54. The molecule has 0 atom stereocenters. The van der Waals surface area contributed by atoms with Gasteiger partial charge >= 0.3 is 6.92 Å². The third-order valence-corrected chi connectivity index (χ3v) is 9.71. The number of rotatable bonds is 27. The lowest BCUT2D eigenvalue weighted by Gasteiger charge is -2.22. The first-order valence-corrected chi connectivity index (χ1v) is 19.4. The number of ether oxygens (including phenoxy) is 2. The maximum atomic E-state index is 6.50. The highest BCUT2D eigenvalue weighted by atomic mass is 79.9. The Hall–Kier alpha value is -1.46. The second-order valence-electron chi connectivity index (χ2n) is 13.3. The van der Waals surface area contributed by atoms with Crippen molar-refractivity contribution in [3.8, 4) is 11.5 Å². The number of hydrogen-bond donors (Lipinski definition) is 0. The fraction of sp³-hybridized carbons (Fsp3) is 0.700. The van der Waals surface area contributed by atoms with Gasteiger partial charge in [0.05, 0.1) is 17.7 Å². The summed E-state index contributed by atoms with van der Waals surface area (Å²) in [4.78, 5) is 0. The van der Waals surface area contributed by atoms with E-state index in [1.54, 1.807) is 0 Å². The van der Waals surface area contributed by atoms with Crippen LogP contribution in [0.4, 0.5) is 0 Å². The molecule has 0 heterocycles. The van der Waals surface area contributed by atoms with Crippen molar-refractivity contribution in [1.29, 1.82) is 0 Å². The molecule has 0 aliphatic rings. The van der Waals surface area contributed by atoms with Crippen LogP contribution in [0.5, 0.6) is 11.5 Å². The highest BCUT2D eigenvalue weighted by Gasteiger charge is 2.29. The molecule has 0 unspecified atom stereocenters. The monoisotopic (exact) mass is 684 g/mol. The van der Waals surface area contributed by atoms with E-state index in [1.165, 1.54) is 138 Å². The van der Waals surface area contributed by atoms with Crippen molar-refractivity contribution in [2.45, 2.75) is 163 Å². The van der Waals surface area contributed by atoms with Crippen LogP contribution in [0, 0.1) is 20.8 Å². The number of halogens is 1. The predicted octanol–water partition coefficient (Wildman–Crippen LogP) is 11.7. The molecule has 0 aliphatic carbocycles. The van der Waals surface area contributed by atoms with Gasteiger partial charge in [-0.2, -0.15) is 0 Å². The molecule has 254 valence electrons. The molecule has 0 aliphatic heterocycles. The van der Waals surface area contributed by atoms with E-state index >= 15 is 0 Å². The second kappa shape index (κ2) is 24.7. The molecule has 0 fully saturated rings. The van der Waals surface area contributed by atoms with Crippen molar-refractivity contribution in [3.63, 3.8) is 0 Å². The molecular weight excluding hydrogens is 619 g/mol. The van der Waals surface area contributed by atoms with Gasteiger partial charge < -0.3 is 14.1 Å². The highest BCUT2D eigenvalue weighted by molar-refractivity contribution is 9.10. The predicted molar refractivity (Wildman–Crippen MR) is 202 cm³/mol. The molecule has 2 rings (SSSR count). The Morgan fingerprint density at radius 1 is 0.533 bits per heavy atom. The summed E-state index contributed by atoms with van der Waals surface area (Å²) in [7, 11) is 1.81. The average molecular weight is 686 g/mol. The van der Waals surface area contributed by atoms with Gasteiger partial charge in [0.15, 0.2) is 0 Å². The van der Waals surface area contributed by atoms with Crippen molar-refractivity contribution >= 4 is 33.8 Å².